The molecule has 0 aromatic rings. The maximum atomic E-state index is 9.86. The molecule has 2 N–H and O–H groups in total. The van der Waals surface area contributed by atoms with Gasteiger partial charge in [0.2, 0.25) is 0 Å². The van der Waals surface area contributed by atoms with Crippen molar-refractivity contribution in [1.82, 2.24) is 0 Å². The third-order valence-electron chi connectivity index (χ3n) is 5.67. The van der Waals surface area contributed by atoms with Gasteiger partial charge in [-0.05, 0) is 57.3 Å². The zero-order valence-electron chi connectivity index (χ0n) is 15.8. The van der Waals surface area contributed by atoms with E-state index in [-0.39, 0.29) is 43.5 Å². The van der Waals surface area contributed by atoms with E-state index in [9.17, 15) is 10.2 Å². The molecule has 0 bridgehead atoms. The predicted octanol–water partition coefficient (Wildman–Crippen LogP) is 1.97. The molecule has 6 atom stereocenters. The van der Waals surface area contributed by atoms with Gasteiger partial charge >= 0.3 is 0 Å². The lowest BCUT2D eigenvalue weighted by Crippen LogP contribution is -2.38. The lowest BCUT2D eigenvalue weighted by molar-refractivity contribution is -0.204. The third kappa shape index (κ3) is 6.15. The first-order chi connectivity index (χ1) is 12.2. The highest BCUT2D eigenvalue weighted by molar-refractivity contribution is 4.94. The summed E-state index contributed by atoms with van der Waals surface area (Å²) >= 11 is 0. The van der Waals surface area contributed by atoms with Gasteiger partial charge < -0.3 is 29.2 Å². The van der Waals surface area contributed by atoms with Crippen LogP contribution in [-0.2, 0) is 18.9 Å². The van der Waals surface area contributed by atoms with Crippen LogP contribution in [0.25, 0.3) is 0 Å². The van der Waals surface area contributed by atoms with Crippen molar-refractivity contribution >= 4 is 0 Å². The quantitative estimate of drug-likeness (QED) is 0.549. The van der Waals surface area contributed by atoms with Gasteiger partial charge in [0.25, 0.3) is 0 Å². The molecule has 0 radical (unpaired) electrons. The lowest BCUT2D eigenvalue weighted by Gasteiger charge is -2.34. The number of aliphatic hydroxyl groups is 2. The van der Waals surface area contributed by atoms with Crippen LogP contribution in [-0.4, -0.2) is 68.9 Å². The normalized spacial score (nSPS) is 34.3. The monoisotopic (exact) mass is 360 g/mol. The zero-order chi connectivity index (χ0) is 18.1. The average Bonchev–Trinajstić information content (AvgIpc) is 2.98. The highest BCUT2D eigenvalue weighted by Crippen LogP contribution is 2.44. The van der Waals surface area contributed by atoms with Crippen molar-refractivity contribution in [3.8, 4) is 0 Å². The summed E-state index contributed by atoms with van der Waals surface area (Å²) in [6.07, 6.45) is 5.55. The number of hydrogen-bond acceptors (Lipinski definition) is 6. The second kappa shape index (κ2) is 11.5. The van der Waals surface area contributed by atoms with E-state index < -0.39 is 0 Å². The molecule has 6 heteroatoms. The lowest BCUT2D eigenvalue weighted by atomic mass is 9.82. The van der Waals surface area contributed by atoms with E-state index in [4.69, 9.17) is 18.9 Å². The smallest absolute Gasteiger partial charge is 0.157 e. The van der Waals surface area contributed by atoms with E-state index in [0.29, 0.717) is 19.1 Å². The Hall–Kier alpha value is -0.240. The van der Waals surface area contributed by atoms with Crippen molar-refractivity contribution in [2.24, 2.45) is 17.8 Å². The van der Waals surface area contributed by atoms with E-state index >= 15 is 0 Å². The Bertz CT molecular complexity index is 347. The molecule has 148 valence electrons. The van der Waals surface area contributed by atoms with Crippen LogP contribution in [0.3, 0.4) is 0 Å². The molecular formula is C19H36O6. The largest absolute Gasteiger partial charge is 0.396 e. The minimum Gasteiger partial charge on any atom is -0.396 e. The van der Waals surface area contributed by atoms with Gasteiger partial charge in [-0.2, -0.15) is 0 Å². The van der Waals surface area contributed by atoms with E-state index in [1.807, 2.05) is 0 Å². The Labute approximate surface area is 151 Å². The first-order valence-electron chi connectivity index (χ1n) is 9.80. The summed E-state index contributed by atoms with van der Waals surface area (Å²) in [5, 5.41) is 19.1. The van der Waals surface area contributed by atoms with Gasteiger partial charge in [0.05, 0.1) is 25.4 Å². The first-order valence-corrected chi connectivity index (χ1v) is 9.80. The van der Waals surface area contributed by atoms with E-state index in [0.717, 1.165) is 45.1 Å². The van der Waals surface area contributed by atoms with Crippen molar-refractivity contribution in [1.29, 1.82) is 0 Å². The summed E-state index contributed by atoms with van der Waals surface area (Å²) in [5.74, 6) is 0.688. The topological polar surface area (TPSA) is 77.4 Å². The van der Waals surface area contributed by atoms with E-state index in [2.05, 4.69) is 6.92 Å². The molecular weight excluding hydrogens is 324 g/mol. The molecule has 1 saturated carbocycles. The molecule has 1 saturated heterocycles. The van der Waals surface area contributed by atoms with Crippen molar-refractivity contribution in [2.45, 2.75) is 63.9 Å². The van der Waals surface area contributed by atoms with Crippen LogP contribution in [0.4, 0.5) is 0 Å². The van der Waals surface area contributed by atoms with Gasteiger partial charge in [-0.3, -0.25) is 0 Å². The third-order valence-corrected chi connectivity index (χ3v) is 5.67. The fraction of sp³-hybridized carbons (Fsp3) is 1.00. The molecule has 0 spiro atoms. The Kier molecular flexibility index (Phi) is 9.66. The standard InChI is InChI=1S/C19H36O6/c1-14(23-11-10-22-2)19-16(6-5-8-20)15(13-21)12-17(19)25-18-7-3-4-9-24-18/h14-21H,3-13H2,1-2H3/t14-,15-,16+,17-,18?,19+/m1/s1. The molecule has 1 aliphatic carbocycles. The Morgan fingerprint density at radius 3 is 2.68 bits per heavy atom. The number of hydrogen-bond donors (Lipinski definition) is 2. The maximum absolute atomic E-state index is 9.86. The minimum atomic E-state index is -0.136. The van der Waals surface area contributed by atoms with Gasteiger partial charge in [0.1, 0.15) is 0 Å². The number of ether oxygens (including phenoxy) is 4. The molecule has 2 fully saturated rings. The summed E-state index contributed by atoms with van der Waals surface area (Å²) in [6.45, 7) is 4.31. The second-order valence-corrected chi connectivity index (χ2v) is 7.32. The van der Waals surface area contributed by atoms with Gasteiger partial charge in [-0.1, -0.05) is 0 Å². The van der Waals surface area contributed by atoms with Crippen molar-refractivity contribution in [3.63, 3.8) is 0 Å². The van der Waals surface area contributed by atoms with Crippen LogP contribution in [0.15, 0.2) is 0 Å². The zero-order valence-corrected chi connectivity index (χ0v) is 15.8. The van der Waals surface area contributed by atoms with Crippen molar-refractivity contribution in [2.75, 3.05) is 40.1 Å². The average molecular weight is 360 g/mol. The van der Waals surface area contributed by atoms with Gasteiger partial charge in [-0.15, -0.1) is 0 Å². The summed E-state index contributed by atoms with van der Waals surface area (Å²) < 4.78 is 23.2. The van der Waals surface area contributed by atoms with E-state index in [1.54, 1.807) is 7.11 Å². The van der Waals surface area contributed by atoms with Crippen LogP contribution >= 0.6 is 0 Å². The summed E-state index contributed by atoms with van der Waals surface area (Å²) in [7, 11) is 1.67. The molecule has 0 aromatic carbocycles. The predicted molar refractivity (Wildman–Crippen MR) is 94.2 cm³/mol. The number of aliphatic hydroxyl groups excluding tert-OH is 2. The molecule has 0 aromatic heterocycles. The van der Waals surface area contributed by atoms with Gasteiger partial charge in [-0.25, -0.2) is 0 Å². The van der Waals surface area contributed by atoms with Crippen LogP contribution in [0.2, 0.25) is 0 Å². The highest BCUT2D eigenvalue weighted by Gasteiger charge is 2.47. The minimum absolute atomic E-state index is 0.0176. The Morgan fingerprint density at radius 2 is 2.04 bits per heavy atom. The SMILES string of the molecule is COCCO[C@H](C)[C@H]1[C@@H](CCCO)[C@@H](CO)C[C@H]1OC1CCCCO1. The molecule has 2 aliphatic rings. The first kappa shape index (κ1) is 21.1. The molecule has 1 heterocycles. The van der Waals surface area contributed by atoms with Gasteiger partial charge in [0.15, 0.2) is 6.29 Å². The fourth-order valence-corrected chi connectivity index (χ4v) is 4.42. The molecule has 6 nitrogen and oxygen atoms in total. The van der Waals surface area contributed by atoms with Crippen molar-refractivity contribution in [3.05, 3.63) is 0 Å². The molecule has 2 rings (SSSR count). The molecule has 0 amide bonds. The summed E-state index contributed by atoms with van der Waals surface area (Å²) in [5.41, 5.74) is 0. The fourth-order valence-electron chi connectivity index (χ4n) is 4.42. The Morgan fingerprint density at radius 1 is 1.20 bits per heavy atom. The van der Waals surface area contributed by atoms with Crippen LogP contribution in [0, 0.1) is 17.8 Å². The van der Waals surface area contributed by atoms with Crippen LogP contribution < -0.4 is 0 Å². The number of methoxy groups -OCH3 is 1. The van der Waals surface area contributed by atoms with Crippen LogP contribution in [0.1, 0.15) is 45.4 Å². The molecule has 25 heavy (non-hydrogen) atoms. The summed E-state index contributed by atoms with van der Waals surface area (Å²) in [4.78, 5) is 0. The van der Waals surface area contributed by atoms with E-state index in [1.165, 1.54) is 0 Å². The van der Waals surface area contributed by atoms with Crippen molar-refractivity contribution < 1.29 is 29.2 Å². The second-order valence-electron chi connectivity index (χ2n) is 7.32. The summed E-state index contributed by atoms with van der Waals surface area (Å²) in [6, 6.07) is 0. The van der Waals surface area contributed by atoms with Crippen LogP contribution in [0.5, 0.6) is 0 Å². The van der Waals surface area contributed by atoms with Gasteiger partial charge in [0, 0.05) is 32.8 Å². The Balaban J connectivity index is 2.04. The number of rotatable bonds is 11. The molecule has 1 aliphatic heterocycles. The highest BCUT2D eigenvalue weighted by atomic mass is 16.7. The molecule has 1 unspecified atom stereocenters. The maximum Gasteiger partial charge on any atom is 0.157 e.